The molecule has 0 amide bonds. The number of hydrogen-bond acceptors (Lipinski definition) is 4. The second kappa shape index (κ2) is 11.9. The molecule has 0 aliphatic heterocycles. The number of nitriles is 1. The van der Waals surface area contributed by atoms with Gasteiger partial charge in [-0.1, -0.05) is 122 Å². The highest BCUT2D eigenvalue weighted by atomic mass is 32.1. The topological polar surface area (TPSA) is 49.6 Å². The van der Waals surface area contributed by atoms with Gasteiger partial charge in [-0.25, -0.2) is 9.97 Å². The number of thiophene rings is 1. The first-order chi connectivity index (χ1) is 25.2. The van der Waals surface area contributed by atoms with E-state index >= 15 is 0 Å². The lowest BCUT2D eigenvalue weighted by atomic mass is 9.67. The minimum Gasteiger partial charge on any atom is -0.228 e. The van der Waals surface area contributed by atoms with Crippen molar-refractivity contribution in [3.63, 3.8) is 0 Å². The number of benzene rings is 6. The Labute approximate surface area is 301 Å². The molecule has 242 valence electrons. The zero-order valence-electron chi connectivity index (χ0n) is 28.1. The van der Waals surface area contributed by atoms with Crippen LogP contribution in [0.25, 0.3) is 76.3 Å². The number of rotatable bonds is 4. The summed E-state index contributed by atoms with van der Waals surface area (Å²) < 4.78 is 2.55. The van der Waals surface area contributed by atoms with Gasteiger partial charge >= 0.3 is 0 Å². The van der Waals surface area contributed by atoms with E-state index in [1.54, 1.807) is 0 Å². The maximum absolute atomic E-state index is 9.81. The Balaban J connectivity index is 1.14. The predicted octanol–water partition coefficient (Wildman–Crippen LogP) is 12.6. The van der Waals surface area contributed by atoms with E-state index in [9.17, 15) is 5.26 Å². The fraction of sp³-hybridized carbons (Fsp3) is 0.128. The molecule has 1 saturated carbocycles. The summed E-state index contributed by atoms with van der Waals surface area (Å²) in [6.07, 6.45) is 5.91. The maximum atomic E-state index is 9.81. The van der Waals surface area contributed by atoms with Gasteiger partial charge < -0.3 is 0 Å². The molecular formula is C47H33N3S. The highest BCUT2D eigenvalue weighted by Gasteiger charge is 2.44. The molecule has 0 saturated heterocycles. The van der Waals surface area contributed by atoms with Gasteiger partial charge in [0.2, 0.25) is 0 Å². The van der Waals surface area contributed by atoms with E-state index in [-0.39, 0.29) is 5.41 Å². The number of nitrogens with zero attached hydrogens (tertiary/aromatic N) is 3. The summed E-state index contributed by atoms with van der Waals surface area (Å²) in [6.45, 7) is 0. The zero-order chi connectivity index (χ0) is 33.9. The van der Waals surface area contributed by atoms with Gasteiger partial charge in [-0.3, -0.25) is 0 Å². The first-order valence-electron chi connectivity index (χ1n) is 17.8. The van der Waals surface area contributed by atoms with Crippen LogP contribution in [0.3, 0.4) is 0 Å². The predicted molar refractivity (Wildman–Crippen MR) is 211 cm³/mol. The molecule has 0 bridgehead atoms. The Morgan fingerprint density at radius 3 is 2.04 bits per heavy atom. The summed E-state index contributed by atoms with van der Waals surface area (Å²) in [5, 5.41) is 12.4. The average molecular weight is 672 g/mol. The first kappa shape index (κ1) is 30.0. The van der Waals surface area contributed by atoms with Crippen molar-refractivity contribution < 1.29 is 0 Å². The molecule has 0 unspecified atom stereocenters. The molecule has 3 nitrogen and oxygen atoms in total. The SMILES string of the molecule is N#Cc1ccc2c(c1)C1(CCCCC1)c1cc(-c3ccccc3-c3cc(-c4ccc5c(c4)sc4ccccc45)nc(-c4ccccc4)n3)ccc1-2. The first-order valence-corrected chi connectivity index (χ1v) is 18.7. The molecule has 10 rings (SSSR count). The molecule has 1 fully saturated rings. The average Bonchev–Trinajstić information content (AvgIpc) is 3.70. The van der Waals surface area contributed by atoms with E-state index in [4.69, 9.17) is 9.97 Å². The second-order valence-electron chi connectivity index (χ2n) is 14.0. The van der Waals surface area contributed by atoms with E-state index in [1.165, 1.54) is 67.3 Å². The smallest absolute Gasteiger partial charge is 0.160 e. The van der Waals surface area contributed by atoms with Crippen molar-refractivity contribution in [1.29, 1.82) is 5.26 Å². The number of fused-ring (bicyclic) bond motifs is 8. The zero-order valence-corrected chi connectivity index (χ0v) is 28.9. The lowest BCUT2D eigenvalue weighted by Gasteiger charge is -2.36. The third kappa shape index (κ3) is 4.84. The molecule has 0 N–H and O–H groups in total. The van der Waals surface area contributed by atoms with Gasteiger partial charge in [0.1, 0.15) is 0 Å². The minimum atomic E-state index is -0.0471. The lowest BCUT2D eigenvalue weighted by Crippen LogP contribution is -2.28. The van der Waals surface area contributed by atoms with Crippen LogP contribution in [0.2, 0.25) is 0 Å². The van der Waals surface area contributed by atoms with Gasteiger partial charge in [-0.2, -0.15) is 5.26 Å². The van der Waals surface area contributed by atoms with Gasteiger partial charge in [-0.05, 0) is 82.6 Å². The quantitative estimate of drug-likeness (QED) is 0.187. The van der Waals surface area contributed by atoms with Crippen LogP contribution in [0, 0.1) is 11.3 Å². The third-order valence-corrected chi connectivity index (χ3v) is 12.3. The summed E-state index contributed by atoms with van der Waals surface area (Å²) in [5.41, 5.74) is 13.4. The Hall–Kier alpha value is -5.89. The molecule has 2 aliphatic carbocycles. The minimum absolute atomic E-state index is 0.0471. The molecule has 0 radical (unpaired) electrons. The van der Waals surface area contributed by atoms with Gasteiger partial charge in [0.15, 0.2) is 5.82 Å². The van der Waals surface area contributed by atoms with E-state index in [0.717, 1.165) is 52.0 Å². The van der Waals surface area contributed by atoms with Crippen LogP contribution >= 0.6 is 11.3 Å². The largest absolute Gasteiger partial charge is 0.228 e. The fourth-order valence-corrected chi connectivity index (χ4v) is 9.86. The van der Waals surface area contributed by atoms with Crippen molar-refractivity contribution >= 4 is 31.5 Å². The Morgan fingerprint density at radius 2 is 1.20 bits per heavy atom. The normalized spacial score (nSPS) is 14.4. The van der Waals surface area contributed by atoms with E-state index in [2.05, 4.69) is 121 Å². The van der Waals surface area contributed by atoms with E-state index < -0.39 is 0 Å². The van der Waals surface area contributed by atoms with Crippen LogP contribution in [-0.2, 0) is 5.41 Å². The molecule has 2 aliphatic rings. The van der Waals surface area contributed by atoms with Crippen LogP contribution in [-0.4, -0.2) is 9.97 Å². The molecule has 2 heterocycles. The van der Waals surface area contributed by atoms with Crippen molar-refractivity contribution in [2.45, 2.75) is 37.5 Å². The summed E-state index contributed by atoms with van der Waals surface area (Å²) in [6, 6.07) is 52.2. The lowest BCUT2D eigenvalue weighted by molar-refractivity contribution is 0.353. The number of hydrogen-bond donors (Lipinski definition) is 0. The van der Waals surface area contributed by atoms with E-state index in [0.29, 0.717) is 5.82 Å². The van der Waals surface area contributed by atoms with Crippen LogP contribution in [0.5, 0.6) is 0 Å². The van der Waals surface area contributed by atoms with Crippen LogP contribution < -0.4 is 0 Å². The summed E-state index contributed by atoms with van der Waals surface area (Å²) >= 11 is 1.83. The van der Waals surface area contributed by atoms with Crippen LogP contribution in [0.4, 0.5) is 0 Å². The van der Waals surface area contributed by atoms with Crippen molar-refractivity contribution in [3.05, 3.63) is 156 Å². The van der Waals surface area contributed by atoms with Gasteiger partial charge in [0, 0.05) is 42.3 Å². The Morgan fingerprint density at radius 1 is 0.510 bits per heavy atom. The molecule has 51 heavy (non-hydrogen) atoms. The Bertz CT molecular complexity index is 2690. The molecule has 2 aromatic heterocycles. The summed E-state index contributed by atoms with van der Waals surface area (Å²) in [4.78, 5) is 10.4. The third-order valence-electron chi connectivity index (χ3n) is 11.1. The van der Waals surface area contributed by atoms with Crippen molar-refractivity contribution in [2.75, 3.05) is 0 Å². The van der Waals surface area contributed by atoms with Gasteiger partial charge in [-0.15, -0.1) is 11.3 Å². The standard InChI is InChI=1S/C47H33N3S/c48-29-30-17-20-35-36-21-18-32(26-41(36)47(40(35)25-30)23-9-2-10-24-47)34-13-5-6-14-37(34)43-28-42(49-46(50-43)31-11-3-1-4-12-31)33-19-22-39-38-15-7-8-16-44(38)51-45(39)27-33/h1,3-8,11-22,25-28H,2,9-10,23-24H2. The summed E-state index contributed by atoms with van der Waals surface area (Å²) in [5.74, 6) is 0.716. The highest BCUT2D eigenvalue weighted by molar-refractivity contribution is 7.25. The van der Waals surface area contributed by atoms with E-state index in [1.807, 2.05) is 35.6 Å². The maximum Gasteiger partial charge on any atom is 0.160 e. The molecule has 0 atom stereocenters. The van der Waals surface area contributed by atoms with Crippen LogP contribution in [0.15, 0.2) is 140 Å². The number of aromatic nitrogens is 2. The molecular weight excluding hydrogens is 639 g/mol. The fourth-order valence-electron chi connectivity index (χ4n) is 8.72. The monoisotopic (exact) mass is 671 g/mol. The molecule has 4 heteroatoms. The van der Waals surface area contributed by atoms with Crippen molar-refractivity contribution in [3.8, 4) is 62.2 Å². The van der Waals surface area contributed by atoms with Crippen molar-refractivity contribution in [2.24, 2.45) is 0 Å². The summed E-state index contributed by atoms with van der Waals surface area (Å²) in [7, 11) is 0. The van der Waals surface area contributed by atoms with Gasteiger partial charge in [0.05, 0.1) is 23.0 Å². The molecule has 6 aromatic carbocycles. The second-order valence-corrected chi connectivity index (χ2v) is 15.0. The molecule has 8 aromatic rings. The van der Waals surface area contributed by atoms with Crippen LogP contribution in [0.1, 0.15) is 48.8 Å². The van der Waals surface area contributed by atoms with Crippen molar-refractivity contribution in [1.82, 2.24) is 9.97 Å². The van der Waals surface area contributed by atoms with Gasteiger partial charge in [0.25, 0.3) is 0 Å². The highest BCUT2D eigenvalue weighted by Crippen LogP contribution is 2.56. The Kier molecular flexibility index (Phi) is 6.98. The molecule has 1 spiro atoms.